The second-order valence-corrected chi connectivity index (χ2v) is 2.04. The van der Waals surface area contributed by atoms with Gasteiger partial charge in [0.05, 0.1) is 0 Å². The Labute approximate surface area is 59.7 Å². The summed E-state index contributed by atoms with van der Waals surface area (Å²) in [6.07, 6.45) is 0. The van der Waals surface area contributed by atoms with E-state index in [1.807, 2.05) is 31.2 Å². The molecule has 0 radical (unpaired) electrons. The zero-order valence-electron chi connectivity index (χ0n) is 5.79. The van der Waals surface area contributed by atoms with Crippen LogP contribution in [0.5, 0.6) is 5.75 Å². The van der Waals surface area contributed by atoms with Crippen LogP contribution in [-0.2, 0) is 0 Å². The lowest BCUT2D eigenvalue weighted by Crippen LogP contribution is -2.25. The Morgan fingerprint density at radius 2 is 2.30 bits per heavy atom. The second-order valence-electron chi connectivity index (χ2n) is 2.04. The molecular formula is C7H10N2O. The van der Waals surface area contributed by atoms with Crippen molar-refractivity contribution in [2.75, 3.05) is 0 Å². The number of nitrogens with two attached hydrogens (primary N) is 1. The highest BCUT2D eigenvalue weighted by Gasteiger charge is 1.89. The van der Waals surface area contributed by atoms with Gasteiger partial charge in [-0.1, -0.05) is 17.7 Å². The molecule has 0 saturated heterocycles. The summed E-state index contributed by atoms with van der Waals surface area (Å²) in [4.78, 5) is 4.81. The monoisotopic (exact) mass is 138 g/mol. The van der Waals surface area contributed by atoms with Crippen LogP contribution in [0.1, 0.15) is 5.56 Å². The lowest BCUT2D eigenvalue weighted by molar-refractivity contribution is 0.199. The average molecular weight is 138 g/mol. The molecule has 0 saturated carbocycles. The molecule has 1 rings (SSSR count). The Hall–Kier alpha value is -1.06. The van der Waals surface area contributed by atoms with Crippen molar-refractivity contribution in [3.8, 4) is 5.75 Å². The molecule has 1 aromatic rings. The first-order valence-electron chi connectivity index (χ1n) is 3.02. The predicted molar refractivity (Wildman–Crippen MR) is 39.1 cm³/mol. The first kappa shape index (κ1) is 7.05. The molecule has 3 heteroatoms. The largest absolute Gasteiger partial charge is 0.394 e. The topological polar surface area (TPSA) is 47.3 Å². The Morgan fingerprint density at radius 3 is 2.90 bits per heavy atom. The number of hydrogen-bond donors (Lipinski definition) is 2. The summed E-state index contributed by atoms with van der Waals surface area (Å²) in [5.41, 5.74) is 3.26. The minimum Gasteiger partial charge on any atom is -0.394 e. The fourth-order valence-corrected chi connectivity index (χ4v) is 0.747. The molecule has 0 fully saturated rings. The van der Waals surface area contributed by atoms with E-state index in [1.54, 1.807) is 0 Å². The highest BCUT2D eigenvalue weighted by Crippen LogP contribution is 2.10. The third-order valence-corrected chi connectivity index (χ3v) is 1.17. The third kappa shape index (κ3) is 1.72. The van der Waals surface area contributed by atoms with Crippen molar-refractivity contribution in [3.05, 3.63) is 29.8 Å². The van der Waals surface area contributed by atoms with Gasteiger partial charge in [0.1, 0.15) is 5.75 Å². The van der Waals surface area contributed by atoms with E-state index in [0.717, 1.165) is 11.3 Å². The SMILES string of the molecule is Cc1cccc(ONN)c1. The Bertz CT molecular complexity index is 213. The zero-order chi connectivity index (χ0) is 7.40. The standard InChI is InChI=1S/C7H10N2O/c1-6-3-2-4-7(5-6)10-9-8/h2-5,9H,8H2,1H3. The lowest BCUT2D eigenvalue weighted by Gasteiger charge is -2.01. The number of benzene rings is 1. The van der Waals surface area contributed by atoms with E-state index in [1.165, 1.54) is 0 Å². The molecular weight excluding hydrogens is 128 g/mol. The summed E-state index contributed by atoms with van der Waals surface area (Å²) in [5.74, 6) is 5.66. The highest BCUT2D eigenvalue weighted by atomic mass is 16.7. The number of rotatable bonds is 2. The van der Waals surface area contributed by atoms with Crippen LogP contribution in [0.2, 0.25) is 0 Å². The van der Waals surface area contributed by atoms with Crippen LogP contribution in [0.3, 0.4) is 0 Å². The molecule has 0 bridgehead atoms. The quantitative estimate of drug-likeness (QED) is 0.468. The maximum absolute atomic E-state index is 4.94. The fraction of sp³-hybridized carbons (Fsp3) is 0.143. The average Bonchev–Trinajstić information content (AvgIpc) is 1.88. The van der Waals surface area contributed by atoms with Crippen LogP contribution in [-0.4, -0.2) is 0 Å². The van der Waals surface area contributed by atoms with Crippen LogP contribution < -0.4 is 16.3 Å². The summed E-state index contributed by atoms with van der Waals surface area (Å²) < 4.78 is 0. The van der Waals surface area contributed by atoms with E-state index < -0.39 is 0 Å². The molecule has 54 valence electrons. The lowest BCUT2D eigenvalue weighted by atomic mass is 10.2. The van der Waals surface area contributed by atoms with Gasteiger partial charge >= 0.3 is 0 Å². The predicted octanol–water partition coefficient (Wildman–Crippen LogP) is 0.752. The first-order chi connectivity index (χ1) is 4.83. The van der Waals surface area contributed by atoms with E-state index in [0.29, 0.717) is 0 Å². The molecule has 0 aliphatic heterocycles. The third-order valence-electron chi connectivity index (χ3n) is 1.17. The Morgan fingerprint density at radius 1 is 1.50 bits per heavy atom. The van der Waals surface area contributed by atoms with Gasteiger partial charge in [-0.05, 0) is 24.6 Å². The van der Waals surface area contributed by atoms with Crippen molar-refractivity contribution in [2.24, 2.45) is 5.84 Å². The van der Waals surface area contributed by atoms with E-state index >= 15 is 0 Å². The van der Waals surface area contributed by atoms with Gasteiger partial charge in [-0.3, -0.25) is 0 Å². The van der Waals surface area contributed by atoms with Crippen LogP contribution in [0.4, 0.5) is 0 Å². The van der Waals surface area contributed by atoms with Crippen molar-refractivity contribution in [1.82, 2.24) is 5.59 Å². The van der Waals surface area contributed by atoms with Crippen molar-refractivity contribution >= 4 is 0 Å². The van der Waals surface area contributed by atoms with Crippen molar-refractivity contribution in [2.45, 2.75) is 6.92 Å². The summed E-state index contributed by atoms with van der Waals surface area (Å²) in [5, 5.41) is 0. The van der Waals surface area contributed by atoms with Gasteiger partial charge in [0.25, 0.3) is 0 Å². The molecule has 1 aromatic carbocycles. The van der Waals surface area contributed by atoms with E-state index in [-0.39, 0.29) is 0 Å². The van der Waals surface area contributed by atoms with Crippen LogP contribution in [0.15, 0.2) is 24.3 Å². The fourth-order valence-electron chi connectivity index (χ4n) is 0.747. The summed E-state index contributed by atoms with van der Waals surface area (Å²) in [7, 11) is 0. The van der Waals surface area contributed by atoms with Gasteiger partial charge < -0.3 is 4.84 Å². The molecule has 3 nitrogen and oxygen atoms in total. The van der Waals surface area contributed by atoms with Crippen molar-refractivity contribution < 1.29 is 4.84 Å². The second kappa shape index (κ2) is 3.20. The van der Waals surface area contributed by atoms with Gasteiger partial charge in [0, 0.05) is 0 Å². The van der Waals surface area contributed by atoms with Gasteiger partial charge in [-0.2, -0.15) is 0 Å². The Balaban J connectivity index is 2.75. The zero-order valence-corrected chi connectivity index (χ0v) is 5.79. The number of nitrogens with one attached hydrogen (secondary N) is 1. The Kier molecular flexibility index (Phi) is 2.25. The summed E-state index contributed by atoms with van der Waals surface area (Å²) >= 11 is 0. The maximum atomic E-state index is 4.94. The molecule has 0 atom stereocenters. The smallest absolute Gasteiger partial charge is 0.149 e. The molecule has 0 aliphatic carbocycles. The van der Waals surface area contributed by atoms with E-state index in [4.69, 9.17) is 10.7 Å². The molecule has 0 heterocycles. The van der Waals surface area contributed by atoms with Gasteiger partial charge in [0.2, 0.25) is 0 Å². The minimum atomic E-state index is 0.725. The van der Waals surface area contributed by atoms with Crippen molar-refractivity contribution in [3.63, 3.8) is 0 Å². The molecule has 3 N–H and O–H groups in total. The normalized spacial score (nSPS) is 9.40. The van der Waals surface area contributed by atoms with Gasteiger partial charge in [-0.15, -0.1) is 0 Å². The number of hydrazine groups is 1. The minimum absolute atomic E-state index is 0.725. The molecule has 0 amide bonds. The van der Waals surface area contributed by atoms with Crippen LogP contribution >= 0.6 is 0 Å². The molecule has 10 heavy (non-hydrogen) atoms. The van der Waals surface area contributed by atoms with Crippen LogP contribution in [0.25, 0.3) is 0 Å². The molecule has 0 spiro atoms. The van der Waals surface area contributed by atoms with Crippen LogP contribution in [0, 0.1) is 6.92 Å². The summed E-state index contributed by atoms with van der Waals surface area (Å²) in [6, 6.07) is 7.61. The van der Waals surface area contributed by atoms with Crippen molar-refractivity contribution in [1.29, 1.82) is 0 Å². The number of hydrogen-bond acceptors (Lipinski definition) is 3. The summed E-state index contributed by atoms with van der Waals surface area (Å²) in [6.45, 7) is 1.99. The highest BCUT2D eigenvalue weighted by molar-refractivity contribution is 5.26. The van der Waals surface area contributed by atoms with E-state index in [2.05, 4.69) is 5.59 Å². The van der Waals surface area contributed by atoms with Gasteiger partial charge in [0.15, 0.2) is 0 Å². The molecule has 0 aliphatic rings. The number of aryl methyl sites for hydroxylation is 1. The van der Waals surface area contributed by atoms with Gasteiger partial charge in [-0.25, -0.2) is 5.84 Å². The molecule has 0 unspecified atom stereocenters. The molecule has 0 aromatic heterocycles. The first-order valence-corrected chi connectivity index (χ1v) is 3.02. The van der Waals surface area contributed by atoms with E-state index in [9.17, 15) is 0 Å². The maximum Gasteiger partial charge on any atom is 0.149 e.